The van der Waals surface area contributed by atoms with E-state index in [1.807, 2.05) is 5.38 Å². The summed E-state index contributed by atoms with van der Waals surface area (Å²) in [5.41, 5.74) is 1.22. The van der Waals surface area contributed by atoms with E-state index in [2.05, 4.69) is 11.4 Å². The lowest BCUT2D eigenvalue weighted by Crippen LogP contribution is -2.10. The highest BCUT2D eigenvalue weighted by atomic mass is 32.1. The average Bonchev–Trinajstić information content (AvgIpc) is 2.74. The van der Waals surface area contributed by atoms with Crippen molar-refractivity contribution in [1.29, 1.82) is 0 Å². The molecule has 0 aliphatic carbocycles. The summed E-state index contributed by atoms with van der Waals surface area (Å²) in [6.07, 6.45) is 1.12. The predicted molar refractivity (Wildman–Crippen MR) is 48.2 cm³/mol. The van der Waals surface area contributed by atoms with Gasteiger partial charge >= 0.3 is 0 Å². The smallest absolute Gasteiger partial charge is 0.0883 e. The van der Waals surface area contributed by atoms with Crippen LogP contribution in [0.1, 0.15) is 18.1 Å². The van der Waals surface area contributed by atoms with Crippen molar-refractivity contribution in [1.82, 2.24) is 0 Å². The van der Waals surface area contributed by atoms with Crippen LogP contribution in [0.3, 0.4) is 0 Å². The molecule has 2 unspecified atom stereocenters. The molecule has 0 aromatic carbocycles. The maximum atomic E-state index is 9.06. The van der Waals surface area contributed by atoms with Gasteiger partial charge in [-0.25, -0.2) is 0 Å². The zero-order valence-electron chi connectivity index (χ0n) is 6.77. The molecule has 2 rings (SSSR count). The third kappa shape index (κ3) is 1.40. The normalized spacial score (nSPS) is 29.4. The molecule has 0 bridgehead atoms. The topological polar surface area (TPSA) is 29.5 Å². The molecule has 1 aliphatic rings. The van der Waals surface area contributed by atoms with Gasteiger partial charge in [-0.15, -0.1) is 0 Å². The molecular formula is C9H12O2S. The third-order valence-electron chi connectivity index (χ3n) is 2.32. The van der Waals surface area contributed by atoms with Crippen molar-refractivity contribution in [3.63, 3.8) is 0 Å². The molecule has 0 saturated carbocycles. The zero-order valence-corrected chi connectivity index (χ0v) is 7.59. The molecule has 1 fully saturated rings. The van der Waals surface area contributed by atoms with Crippen molar-refractivity contribution in [3.8, 4) is 0 Å². The van der Waals surface area contributed by atoms with Gasteiger partial charge in [0.25, 0.3) is 0 Å². The lowest BCUT2D eigenvalue weighted by Gasteiger charge is -2.14. The van der Waals surface area contributed by atoms with Crippen molar-refractivity contribution < 1.29 is 9.84 Å². The fourth-order valence-corrected chi connectivity index (χ4v) is 2.31. The van der Waals surface area contributed by atoms with E-state index in [0.29, 0.717) is 5.92 Å². The minimum atomic E-state index is 0.140. The third-order valence-corrected chi connectivity index (χ3v) is 3.02. The van der Waals surface area contributed by atoms with Crippen molar-refractivity contribution in [2.24, 2.45) is 5.92 Å². The number of hydrogen-bond donors (Lipinski definition) is 1. The van der Waals surface area contributed by atoms with Crippen LogP contribution in [0.4, 0.5) is 0 Å². The maximum Gasteiger partial charge on any atom is 0.0883 e. The van der Waals surface area contributed by atoms with Gasteiger partial charge < -0.3 is 9.84 Å². The Labute approximate surface area is 75.8 Å². The number of hydrogen-bond acceptors (Lipinski definition) is 3. The fourth-order valence-electron chi connectivity index (χ4n) is 1.63. The van der Waals surface area contributed by atoms with Gasteiger partial charge in [-0.3, -0.25) is 0 Å². The number of aliphatic hydroxyl groups excluding tert-OH is 1. The molecule has 0 spiro atoms. The summed E-state index contributed by atoms with van der Waals surface area (Å²) in [5.74, 6) is 0.305. The van der Waals surface area contributed by atoms with Crippen molar-refractivity contribution in [3.05, 3.63) is 22.4 Å². The van der Waals surface area contributed by atoms with Gasteiger partial charge in [0.2, 0.25) is 0 Å². The van der Waals surface area contributed by atoms with Crippen LogP contribution in [0.2, 0.25) is 0 Å². The van der Waals surface area contributed by atoms with E-state index in [9.17, 15) is 0 Å². The number of ether oxygens (including phenoxy) is 1. The van der Waals surface area contributed by atoms with Gasteiger partial charge in [0.15, 0.2) is 0 Å². The maximum absolute atomic E-state index is 9.06. The average molecular weight is 184 g/mol. The Hall–Kier alpha value is -0.380. The van der Waals surface area contributed by atoms with Gasteiger partial charge in [-0.1, -0.05) is 0 Å². The number of aliphatic hydroxyl groups is 1. The molecule has 1 aliphatic heterocycles. The van der Waals surface area contributed by atoms with E-state index in [4.69, 9.17) is 9.84 Å². The van der Waals surface area contributed by atoms with E-state index in [1.54, 1.807) is 11.3 Å². The molecule has 1 N–H and O–H groups in total. The highest BCUT2D eigenvalue weighted by molar-refractivity contribution is 7.07. The zero-order chi connectivity index (χ0) is 8.39. The lowest BCUT2D eigenvalue weighted by atomic mass is 9.98. The highest BCUT2D eigenvalue weighted by Gasteiger charge is 2.28. The van der Waals surface area contributed by atoms with Crippen molar-refractivity contribution in [2.75, 3.05) is 13.2 Å². The van der Waals surface area contributed by atoms with E-state index >= 15 is 0 Å². The van der Waals surface area contributed by atoms with E-state index in [-0.39, 0.29) is 12.7 Å². The van der Waals surface area contributed by atoms with Crippen molar-refractivity contribution in [2.45, 2.75) is 12.5 Å². The van der Waals surface area contributed by atoms with Crippen LogP contribution in [0, 0.1) is 5.92 Å². The highest BCUT2D eigenvalue weighted by Crippen LogP contribution is 2.34. The van der Waals surface area contributed by atoms with Crippen LogP contribution in [0.15, 0.2) is 16.8 Å². The second kappa shape index (κ2) is 3.56. The minimum Gasteiger partial charge on any atom is -0.396 e. The molecule has 2 nitrogen and oxygen atoms in total. The van der Waals surface area contributed by atoms with Crippen LogP contribution in [-0.2, 0) is 4.74 Å². The first-order chi connectivity index (χ1) is 5.92. The molecule has 1 saturated heterocycles. The van der Waals surface area contributed by atoms with Crippen LogP contribution in [-0.4, -0.2) is 18.3 Å². The minimum absolute atomic E-state index is 0.140. The summed E-state index contributed by atoms with van der Waals surface area (Å²) in [7, 11) is 0. The Morgan fingerprint density at radius 2 is 2.58 bits per heavy atom. The first-order valence-electron chi connectivity index (χ1n) is 4.16. The monoisotopic (exact) mass is 184 g/mol. The van der Waals surface area contributed by atoms with Crippen LogP contribution < -0.4 is 0 Å². The quantitative estimate of drug-likeness (QED) is 0.759. The summed E-state index contributed by atoms with van der Waals surface area (Å²) >= 11 is 1.68. The Morgan fingerprint density at radius 1 is 1.67 bits per heavy atom. The molecule has 2 heterocycles. The Balaban J connectivity index is 2.13. The summed E-state index contributed by atoms with van der Waals surface area (Å²) in [6.45, 7) is 1.02. The van der Waals surface area contributed by atoms with Gasteiger partial charge in [0.1, 0.15) is 0 Å². The van der Waals surface area contributed by atoms with E-state index in [1.165, 1.54) is 5.56 Å². The molecule has 0 amide bonds. The number of rotatable bonds is 2. The van der Waals surface area contributed by atoms with E-state index in [0.717, 1.165) is 13.0 Å². The van der Waals surface area contributed by atoms with Crippen LogP contribution >= 0.6 is 11.3 Å². The standard InChI is InChI=1S/C9H12O2S/c10-5-7-1-3-11-9(7)8-2-4-12-6-8/h2,4,6-7,9-10H,1,3,5H2. The molecule has 66 valence electrons. The molecule has 12 heavy (non-hydrogen) atoms. The fraction of sp³-hybridized carbons (Fsp3) is 0.556. The van der Waals surface area contributed by atoms with Gasteiger partial charge in [-0.05, 0) is 28.8 Å². The Bertz CT molecular complexity index is 233. The first-order valence-corrected chi connectivity index (χ1v) is 5.10. The van der Waals surface area contributed by atoms with Crippen LogP contribution in [0.25, 0.3) is 0 Å². The summed E-state index contributed by atoms with van der Waals surface area (Å²) < 4.78 is 5.55. The van der Waals surface area contributed by atoms with Gasteiger partial charge in [0.05, 0.1) is 6.10 Å². The predicted octanol–water partition coefficient (Wildman–Crippen LogP) is 1.82. The molecule has 3 heteroatoms. The molecule has 0 radical (unpaired) electrons. The molecule has 1 aromatic heterocycles. The van der Waals surface area contributed by atoms with Gasteiger partial charge in [-0.2, -0.15) is 11.3 Å². The second-order valence-electron chi connectivity index (χ2n) is 3.08. The molecular weight excluding hydrogens is 172 g/mol. The largest absolute Gasteiger partial charge is 0.396 e. The first kappa shape index (κ1) is 8.23. The van der Waals surface area contributed by atoms with E-state index < -0.39 is 0 Å². The lowest BCUT2D eigenvalue weighted by molar-refractivity contribution is 0.0724. The van der Waals surface area contributed by atoms with Crippen molar-refractivity contribution >= 4 is 11.3 Å². The summed E-state index contributed by atoms with van der Waals surface area (Å²) in [6, 6.07) is 2.07. The Kier molecular flexibility index (Phi) is 2.44. The Morgan fingerprint density at radius 3 is 3.25 bits per heavy atom. The van der Waals surface area contributed by atoms with Gasteiger partial charge in [0, 0.05) is 19.1 Å². The SMILES string of the molecule is OCC1CCOC1c1ccsc1. The number of thiophene rings is 1. The second-order valence-corrected chi connectivity index (χ2v) is 3.86. The molecule has 1 aromatic rings. The van der Waals surface area contributed by atoms with Crippen LogP contribution in [0.5, 0.6) is 0 Å². The summed E-state index contributed by atoms with van der Waals surface area (Å²) in [4.78, 5) is 0. The summed E-state index contributed by atoms with van der Waals surface area (Å²) in [5, 5.41) is 13.2. The molecule has 2 atom stereocenters.